The minimum Gasteiger partial charge on any atom is -0.399 e. The second-order valence-corrected chi connectivity index (χ2v) is 7.10. The SMILES string of the molecule is CCC(C)(C)C(C)(C)CN(N)/C=C(\N)C(C)(C)N. The van der Waals surface area contributed by atoms with Crippen molar-refractivity contribution in [3.8, 4) is 0 Å². The Balaban J connectivity index is 4.83. The maximum Gasteiger partial charge on any atom is 0.0514 e. The minimum absolute atomic E-state index is 0.0893. The van der Waals surface area contributed by atoms with E-state index in [0.717, 1.165) is 13.0 Å². The van der Waals surface area contributed by atoms with E-state index >= 15 is 0 Å². The summed E-state index contributed by atoms with van der Waals surface area (Å²) in [6.07, 6.45) is 2.85. The predicted octanol–water partition coefficient (Wildman–Crippen LogP) is 2.16. The number of nitrogens with zero attached hydrogens (tertiary/aromatic N) is 1. The van der Waals surface area contributed by atoms with Crippen LogP contribution in [0.3, 0.4) is 0 Å². The van der Waals surface area contributed by atoms with E-state index in [9.17, 15) is 0 Å². The molecule has 4 heteroatoms. The molecule has 0 aromatic rings. The van der Waals surface area contributed by atoms with Crippen LogP contribution in [0.5, 0.6) is 0 Å². The minimum atomic E-state index is -0.540. The first-order chi connectivity index (χ1) is 7.83. The number of hydrazine groups is 1. The van der Waals surface area contributed by atoms with Crippen molar-refractivity contribution >= 4 is 0 Å². The van der Waals surface area contributed by atoms with E-state index in [1.54, 1.807) is 11.2 Å². The van der Waals surface area contributed by atoms with Crippen LogP contribution in [-0.4, -0.2) is 17.1 Å². The summed E-state index contributed by atoms with van der Waals surface area (Å²) in [5.74, 6) is 6.03. The van der Waals surface area contributed by atoms with Crippen molar-refractivity contribution in [1.82, 2.24) is 5.01 Å². The number of hydrogen-bond acceptors (Lipinski definition) is 4. The quantitative estimate of drug-likeness (QED) is 0.502. The molecule has 0 saturated heterocycles. The molecule has 4 nitrogen and oxygen atoms in total. The number of rotatable bonds is 6. The van der Waals surface area contributed by atoms with Gasteiger partial charge in [-0.2, -0.15) is 0 Å². The van der Waals surface area contributed by atoms with Gasteiger partial charge in [-0.25, -0.2) is 5.84 Å². The molecule has 108 valence electrons. The van der Waals surface area contributed by atoms with Crippen molar-refractivity contribution in [3.63, 3.8) is 0 Å². The molecule has 0 aliphatic heterocycles. The zero-order valence-electron chi connectivity index (χ0n) is 13.2. The molecule has 18 heavy (non-hydrogen) atoms. The smallest absolute Gasteiger partial charge is 0.0514 e. The summed E-state index contributed by atoms with van der Waals surface area (Å²) < 4.78 is 0. The average Bonchev–Trinajstić information content (AvgIpc) is 2.14. The lowest BCUT2D eigenvalue weighted by molar-refractivity contribution is 0.0692. The molecule has 0 radical (unpaired) electrons. The average molecular weight is 256 g/mol. The van der Waals surface area contributed by atoms with Gasteiger partial charge >= 0.3 is 0 Å². The summed E-state index contributed by atoms with van der Waals surface area (Å²) in [4.78, 5) is 0. The fraction of sp³-hybridized carbons (Fsp3) is 0.857. The van der Waals surface area contributed by atoms with Gasteiger partial charge in [0.1, 0.15) is 0 Å². The first-order valence-corrected chi connectivity index (χ1v) is 6.61. The van der Waals surface area contributed by atoms with Gasteiger partial charge in [-0.3, -0.25) is 0 Å². The van der Waals surface area contributed by atoms with Gasteiger partial charge in [0.05, 0.1) is 5.54 Å². The summed E-state index contributed by atoms with van der Waals surface area (Å²) in [7, 11) is 0. The summed E-state index contributed by atoms with van der Waals surface area (Å²) in [5, 5.41) is 1.65. The molecule has 0 aromatic heterocycles. The van der Waals surface area contributed by atoms with Gasteiger partial charge in [0.15, 0.2) is 0 Å². The Morgan fingerprint density at radius 2 is 1.50 bits per heavy atom. The van der Waals surface area contributed by atoms with Crippen molar-refractivity contribution in [2.75, 3.05) is 6.54 Å². The van der Waals surface area contributed by atoms with Crippen LogP contribution in [0.1, 0.15) is 54.9 Å². The predicted molar refractivity (Wildman–Crippen MR) is 79.3 cm³/mol. The van der Waals surface area contributed by atoms with Gasteiger partial charge < -0.3 is 16.5 Å². The van der Waals surface area contributed by atoms with E-state index in [1.165, 1.54) is 0 Å². The van der Waals surface area contributed by atoms with Crippen LogP contribution in [-0.2, 0) is 0 Å². The van der Waals surface area contributed by atoms with Crippen molar-refractivity contribution < 1.29 is 0 Å². The summed E-state index contributed by atoms with van der Waals surface area (Å²) in [6, 6.07) is 0. The third-order valence-corrected chi connectivity index (χ3v) is 4.34. The zero-order valence-corrected chi connectivity index (χ0v) is 13.2. The second-order valence-electron chi connectivity index (χ2n) is 7.10. The fourth-order valence-corrected chi connectivity index (χ4v) is 1.54. The monoisotopic (exact) mass is 256 g/mol. The molecule has 6 N–H and O–H groups in total. The third kappa shape index (κ3) is 4.50. The molecule has 0 atom stereocenters. The van der Waals surface area contributed by atoms with Crippen LogP contribution in [0.25, 0.3) is 0 Å². The fourth-order valence-electron chi connectivity index (χ4n) is 1.54. The normalized spacial score (nSPS) is 14.8. The zero-order chi connectivity index (χ0) is 14.8. The van der Waals surface area contributed by atoms with E-state index in [2.05, 4.69) is 34.6 Å². The van der Waals surface area contributed by atoms with E-state index in [1.807, 2.05) is 13.8 Å². The lowest BCUT2D eigenvalue weighted by Crippen LogP contribution is -2.46. The lowest BCUT2D eigenvalue weighted by atomic mass is 9.66. The van der Waals surface area contributed by atoms with Gasteiger partial charge in [-0.1, -0.05) is 41.0 Å². The standard InChI is InChI=1S/C14H32N4/c1-8-12(2,3)13(4,5)10-18(17)9-11(15)14(6,7)16/h9H,8,10,15-17H2,1-7H3/b11-9-. The van der Waals surface area contributed by atoms with Gasteiger partial charge in [0.25, 0.3) is 0 Å². The molecule has 0 spiro atoms. The number of nitrogens with two attached hydrogens (primary N) is 3. The highest BCUT2D eigenvalue weighted by atomic mass is 15.4. The van der Waals surface area contributed by atoms with E-state index < -0.39 is 5.54 Å². The molecular weight excluding hydrogens is 224 g/mol. The molecular formula is C14H32N4. The highest BCUT2D eigenvalue weighted by Crippen LogP contribution is 2.41. The topological polar surface area (TPSA) is 81.3 Å². The molecule has 0 rings (SSSR count). The molecule has 0 aliphatic carbocycles. The molecule has 0 aliphatic rings. The van der Waals surface area contributed by atoms with Crippen LogP contribution in [0.15, 0.2) is 11.9 Å². The first kappa shape index (κ1) is 17.3. The lowest BCUT2D eigenvalue weighted by Gasteiger charge is -2.43. The van der Waals surface area contributed by atoms with Gasteiger partial charge in [0, 0.05) is 18.4 Å². The van der Waals surface area contributed by atoms with Gasteiger partial charge in [-0.05, 0) is 24.7 Å². The molecule has 0 saturated carbocycles. The Labute approximate surface area is 113 Å². The Bertz CT molecular complexity index is 297. The highest BCUT2D eigenvalue weighted by molar-refractivity contribution is 5.11. The van der Waals surface area contributed by atoms with Crippen LogP contribution < -0.4 is 17.3 Å². The van der Waals surface area contributed by atoms with Crippen LogP contribution in [0, 0.1) is 10.8 Å². The molecule has 0 unspecified atom stereocenters. The van der Waals surface area contributed by atoms with E-state index in [0.29, 0.717) is 5.70 Å². The third-order valence-electron chi connectivity index (χ3n) is 4.34. The Hall–Kier alpha value is -0.740. The van der Waals surface area contributed by atoms with Crippen molar-refractivity contribution in [3.05, 3.63) is 11.9 Å². The summed E-state index contributed by atoms with van der Waals surface area (Å²) >= 11 is 0. The second kappa shape index (κ2) is 5.49. The number of hydrogen-bond donors (Lipinski definition) is 3. The van der Waals surface area contributed by atoms with Crippen LogP contribution >= 0.6 is 0 Å². The van der Waals surface area contributed by atoms with Gasteiger partial charge in [-0.15, -0.1) is 0 Å². The largest absolute Gasteiger partial charge is 0.399 e. The van der Waals surface area contributed by atoms with E-state index in [4.69, 9.17) is 17.3 Å². The molecule has 0 bridgehead atoms. The molecule has 0 aromatic carbocycles. The summed E-state index contributed by atoms with van der Waals surface area (Å²) in [6.45, 7) is 15.7. The highest BCUT2D eigenvalue weighted by Gasteiger charge is 2.36. The Kier molecular flexibility index (Phi) is 5.27. The molecule has 0 heterocycles. The summed E-state index contributed by atoms with van der Waals surface area (Å²) in [5.41, 5.74) is 12.2. The van der Waals surface area contributed by atoms with Crippen LogP contribution in [0.2, 0.25) is 0 Å². The first-order valence-electron chi connectivity index (χ1n) is 6.61. The van der Waals surface area contributed by atoms with Crippen molar-refractivity contribution in [2.45, 2.75) is 60.4 Å². The van der Waals surface area contributed by atoms with Crippen molar-refractivity contribution in [2.24, 2.45) is 28.1 Å². The Morgan fingerprint density at radius 1 is 1.06 bits per heavy atom. The maximum absolute atomic E-state index is 6.03. The molecule has 0 fully saturated rings. The molecule has 0 amide bonds. The van der Waals surface area contributed by atoms with Gasteiger partial charge in [0.2, 0.25) is 0 Å². The van der Waals surface area contributed by atoms with E-state index in [-0.39, 0.29) is 10.8 Å². The Morgan fingerprint density at radius 3 is 1.83 bits per heavy atom. The maximum atomic E-state index is 6.03. The van der Waals surface area contributed by atoms with Crippen molar-refractivity contribution in [1.29, 1.82) is 0 Å². The van der Waals surface area contributed by atoms with Crippen LogP contribution in [0.4, 0.5) is 0 Å².